The lowest BCUT2D eigenvalue weighted by Gasteiger charge is -2.19. The summed E-state index contributed by atoms with van der Waals surface area (Å²) in [4.78, 5) is 5.71. The molecule has 0 bridgehead atoms. The van der Waals surface area contributed by atoms with Gasteiger partial charge in [-0.15, -0.1) is 11.3 Å². The first-order valence-corrected chi connectivity index (χ1v) is 7.49. The van der Waals surface area contributed by atoms with Crippen LogP contribution >= 0.6 is 11.3 Å². The summed E-state index contributed by atoms with van der Waals surface area (Å²) in [6.07, 6.45) is 3.05. The largest absolute Gasteiger partial charge is 0.385 e. The predicted octanol–water partition coefficient (Wildman–Crippen LogP) is 2.03. The Hall–Kier alpha value is -1.11. The van der Waals surface area contributed by atoms with E-state index in [0.29, 0.717) is 19.1 Å². The summed E-state index contributed by atoms with van der Waals surface area (Å²) in [5.74, 6) is 6.16. The molecule has 0 aromatic carbocycles. The highest BCUT2D eigenvalue weighted by Crippen LogP contribution is 2.22. The second-order valence-electron chi connectivity index (χ2n) is 4.22. The summed E-state index contributed by atoms with van der Waals surface area (Å²) in [5, 5.41) is 5.46. The fourth-order valence-electron chi connectivity index (χ4n) is 1.76. The van der Waals surface area contributed by atoms with Crippen molar-refractivity contribution >= 4 is 17.3 Å². The Morgan fingerprint density at radius 3 is 3.00 bits per heavy atom. The fourth-order valence-corrected chi connectivity index (χ4v) is 2.57. The molecule has 0 aliphatic rings. The highest BCUT2D eigenvalue weighted by molar-refractivity contribution is 7.10. The maximum absolute atomic E-state index is 5.51. The first-order chi connectivity index (χ1) is 9.31. The lowest BCUT2D eigenvalue weighted by atomic mass is 10.1. The molecule has 0 saturated carbocycles. The molecular formula is C13H24N4OS. The minimum atomic E-state index is 0.266. The molecule has 108 valence electrons. The van der Waals surface area contributed by atoms with Gasteiger partial charge >= 0.3 is 0 Å². The molecule has 0 saturated heterocycles. The Morgan fingerprint density at radius 2 is 2.42 bits per heavy atom. The Bertz CT molecular complexity index is 354. The number of nitrogens with two attached hydrogens (primary N) is 1. The maximum atomic E-state index is 5.51. The van der Waals surface area contributed by atoms with Crippen LogP contribution in [0.1, 0.15) is 37.1 Å². The van der Waals surface area contributed by atoms with Crippen LogP contribution in [0.5, 0.6) is 0 Å². The first kappa shape index (κ1) is 15.9. The highest BCUT2D eigenvalue weighted by Gasteiger charge is 2.12. The van der Waals surface area contributed by atoms with E-state index in [9.17, 15) is 0 Å². The van der Waals surface area contributed by atoms with Gasteiger partial charge in [0.2, 0.25) is 5.96 Å². The van der Waals surface area contributed by atoms with E-state index >= 15 is 0 Å². The van der Waals surface area contributed by atoms with Crippen LogP contribution in [0.4, 0.5) is 0 Å². The molecule has 1 rings (SSSR count). The SMILES string of the molecule is CCCC(NC(=NCCCOC)NN)c1cccs1. The van der Waals surface area contributed by atoms with E-state index in [4.69, 9.17) is 10.6 Å². The number of hydrazine groups is 1. The minimum absolute atomic E-state index is 0.266. The van der Waals surface area contributed by atoms with Crippen molar-refractivity contribution in [3.63, 3.8) is 0 Å². The third-order valence-electron chi connectivity index (χ3n) is 2.69. The molecular weight excluding hydrogens is 260 g/mol. The van der Waals surface area contributed by atoms with Gasteiger partial charge in [-0.05, 0) is 24.3 Å². The van der Waals surface area contributed by atoms with Crippen LogP contribution in [0.3, 0.4) is 0 Å². The molecule has 0 spiro atoms. The van der Waals surface area contributed by atoms with Gasteiger partial charge in [0.25, 0.3) is 0 Å². The third kappa shape index (κ3) is 6.04. The molecule has 1 aromatic heterocycles. The normalized spacial score (nSPS) is 13.3. The van der Waals surface area contributed by atoms with Gasteiger partial charge in [0.15, 0.2) is 0 Å². The lowest BCUT2D eigenvalue weighted by Crippen LogP contribution is -2.43. The molecule has 6 heteroatoms. The standard InChI is InChI=1S/C13H24N4OS/c1-3-6-11(12-7-4-10-19-12)16-13(17-14)15-8-5-9-18-2/h4,7,10-11H,3,5-6,8-9,14H2,1-2H3,(H2,15,16,17). The van der Waals surface area contributed by atoms with Gasteiger partial charge in [-0.25, -0.2) is 5.84 Å². The van der Waals surface area contributed by atoms with Crippen LogP contribution in [-0.2, 0) is 4.74 Å². The van der Waals surface area contributed by atoms with Gasteiger partial charge in [-0.1, -0.05) is 19.4 Å². The molecule has 0 fully saturated rings. The van der Waals surface area contributed by atoms with Crippen molar-refractivity contribution in [3.05, 3.63) is 22.4 Å². The summed E-state index contributed by atoms with van der Waals surface area (Å²) < 4.78 is 5.00. The molecule has 1 atom stereocenters. The molecule has 1 heterocycles. The zero-order chi connectivity index (χ0) is 13.9. The number of hydrogen-bond donors (Lipinski definition) is 3. The molecule has 19 heavy (non-hydrogen) atoms. The van der Waals surface area contributed by atoms with E-state index in [2.05, 4.69) is 40.2 Å². The number of methoxy groups -OCH3 is 1. The van der Waals surface area contributed by atoms with E-state index in [-0.39, 0.29) is 6.04 Å². The fraction of sp³-hybridized carbons (Fsp3) is 0.615. The first-order valence-electron chi connectivity index (χ1n) is 6.61. The zero-order valence-electron chi connectivity index (χ0n) is 11.7. The van der Waals surface area contributed by atoms with E-state index in [1.807, 2.05) is 0 Å². The number of aliphatic imine (C=N–C) groups is 1. The molecule has 1 unspecified atom stereocenters. The Balaban J connectivity index is 2.55. The van der Waals surface area contributed by atoms with Crippen molar-refractivity contribution in [2.75, 3.05) is 20.3 Å². The zero-order valence-corrected chi connectivity index (χ0v) is 12.5. The molecule has 4 N–H and O–H groups in total. The lowest BCUT2D eigenvalue weighted by molar-refractivity contribution is 0.197. The van der Waals surface area contributed by atoms with Gasteiger partial charge < -0.3 is 10.1 Å². The number of rotatable bonds is 8. The summed E-state index contributed by atoms with van der Waals surface area (Å²) in [6.45, 7) is 3.59. The molecule has 1 aromatic rings. The number of guanidine groups is 1. The maximum Gasteiger partial charge on any atom is 0.206 e. The van der Waals surface area contributed by atoms with Crippen LogP contribution in [0.15, 0.2) is 22.5 Å². The van der Waals surface area contributed by atoms with Crippen molar-refractivity contribution in [1.82, 2.24) is 10.7 Å². The van der Waals surface area contributed by atoms with Gasteiger partial charge in [0.1, 0.15) is 0 Å². The van der Waals surface area contributed by atoms with Crippen LogP contribution in [0.25, 0.3) is 0 Å². The van der Waals surface area contributed by atoms with Crippen LogP contribution in [0.2, 0.25) is 0 Å². The van der Waals surface area contributed by atoms with Gasteiger partial charge in [-0.2, -0.15) is 0 Å². The second-order valence-corrected chi connectivity index (χ2v) is 5.20. The van der Waals surface area contributed by atoms with E-state index in [1.54, 1.807) is 18.4 Å². The summed E-state index contributed by atoms with van der Waals surface area (Å²) in [5.41, 5.74) is 2.63. The van der Waals surface area contributed by atoms with Gasteiger partial charge in [-0.3, -0.25) is 10.4 Å². The van der Waals surface area contributed by atoms with Crippen LogP contribution in [0, 0.1) is 0 Å². The minimum Gasteiger partial charge on any atom is -0.385 e. The number of nitrogens with one attached hydrogen (secondary N) is 2. The monoisotopic (exact) mass is 284 g/mol. The highest BCUT2D eigenvalue weighted by atomic mass is 32.1. The third-order valence-corrected chi connectivity index (χ3v) is 3.67. The van der Waals surface area contributed by atoms with Crippen molar-refractivity contribution in [2.24, 2.45) is 10.8 Å². The van der Waals surface area contributed by atoms with Crippen molar-refractivity contribution in [1.29, 1.82) is 0 Å². The molecule has 0 amide bonds. The predicted molar refractivity (Wildman–Crippen MR) is 81.2 cm³/mol. The smallest absolute Gasteiger partial charge is 0.206 e. The van der Waals surface area contributed by atoms with Gasteiger partial charge in [0.05, 0.1) is 6.04 Å². The van der Waals surface area contributed by atoms with Crippen LogP contribution < -0.4 is 16.6 Å². The number of thiophene rings is 1. The van der Waals surface area contributed by atoms with E-state index in [1.165, 1.54) is 4.88 Å². The summed E-state index contributed by atoms with van der Waals surface area (Å²) in [7, 11) is 1.69. The quantitative estimate of drug-likeness (QED) is 0.225. The Morgan fingerprint density at radius 1 is 1.58 bits per heavy atom. The van der Waals surface area contributed by atoms with Crippen molar-refractivity contribution in [3.8, 4) is 0 Å². The van der Waals surface area contributed by atoms with Gasteiger partial charge in [0, 0.05) is 25.1 Å². The summed E-state index contributed by atoms with van der Waals surface area (Å²) >= 11 is 1.75. The molecule has 5 nitrogen and oxygen atoms in total. The van der Waals surface area contributed by atoms with Crippen molar-refractivity contribution < 1.29 is 4.74 Å². The Kier molecular flexibility index (Phi) is 8.20. The average molecular weight is 284 g/mol. The number of nitrogens with zero attached hydrogens (tertiary/aromatic N) is 1. The van der Waals surface area contributed by atoms with E-state index < -0.39 is 0 Å². The topological polar surface area (TPSA) is 71.7 Å². The summed E-state index contributed by atoms with van der Waals surface area (Å²) in [6, 6.07) is 4.47. The number of hydrogen-bond acceptors (Lipinski definition) is 4. The molecule has 0 radical (unpaired) electrons. The second kappa shape index (κ2) is 9.77. The average Bonchev–Trinajstić information content (AvgIpc) is 2.95. The van der Waals surface area contributed by atoms with Crippen molar-refractivity contribution in [2.45, 2.75) is 32.2 Å². The molecule has 0 aliphatic heterocycles. The number of ether oxygens (including phenoxy) is 1. The molecule has 0 aliphatic carbocycles. The van der Waals surface area contributed by atoms with E-state index in [0.717, 1.165) is 19.3 Å². The van der Waals surface area contributed by atoms with Crippen LogP contribution in [-0.4, -0.2) is 26.2 Å². The Labute approximate surface area is 119 Å².